The van der Waals surface area contributed by atoms with E-state index in [4.69, 9.17) is 10.7 Å². The van der Waals surface area contributed by atoms with Crippen LogP contribution in [0, 0.1) is 0 Å². The topological polar surface area (TPSA) is 87.2 Å². The monoisotopic (exact) mass is 432 g/mol. The Balaban J connectivity index is 1.51. The van der Waals surface area contributed by atoms with Gasteiger partial charge in [0.1, 0.15) is 5.65 Å². The summed E-state index contributed by atoms with van der Waals surface area (Å²) >= 11 is 0. The first-order chi connectivity index (χ1) is 15.4. The van der Waals surface area contributed by atoms with Crippen LogP contribution in [-0.4, -0.2) is 63.7 Å². The van der Waals surface area contributed by atoms with Gasteiger partial charge in [0.05, 0.1) is 11.4 Å². The fraction of sp³-hybridized carbons (Fsp3) is 0.375. The first-order valence-corrected chi connectivity index (χ1v) is 11.1. The van der Waals surface area contributed by atoms with Crippen molar-refractivity contribution in [2.24, 2.45) is 0 Å². The Kier molecular flexibility index (Phi) is 5.09. The average molecular weight is 433 g/mol. The third-order valence-corrected chi connectivity index (χ3v) is 6.56. The van der Waals surface area contributed by atoms with Crippen LogP contribution in [0.5, 0.6) is 0 Å². The van der Waals surface area contributed by atoms with Gasteiger partial charge in [0.25, 0.3) is 0 Å². The van der Waals surface area contributed by atoms with Crippen LogP contribution in [0.1, 0.15) is 25.1 Å². The minimum atomic E-state index is 0.0742. The fourth-order valence-corrected chi connectivity index (χ4v) is 4.80. The maximum absolute atomic E-state index is 11.9. The molecule has 8 heteroatoms. The molecular weight excluding hydrogens is 404 g/mol. The van der Waals surface area contributed by atoms with Gasteiger partial charge in [-0.05, 0) is 36.2 Å². The molecule has 0 radical (unpaired) electrons. The molecule has 2 aliphatic heterocycles. The molecule has 2 N–H and O–H groups in total. The van der Waals surface area contributed by atoms with Crippen molar-refractivity contribution in [1.29, 1.82) is 0 Å². The zero-order valence-electron chi connectivity index (χ0n) is 18.5. The number of pyridine rings is 1. The van der Waals surface area contributed by atoms with Crippen molar-refractivity contribution in [2.75, 3.05) is 43.4 Å². The molecule has 1 saturated heterocycles. The number of fused-ring (bicyclic) bond motifs is 2. The first-order valence-electron chi connectivity index (χ1n) is 11.1. The Morgan fingerprint density at radius 3 is 2.50 bits per heavy atom. The lowest BCUT2D eigenvalue weighted by Crippen LogP contribution is -2.47. The van der Waals surface area contributed by atoms with E-state index in [1.54, 1.807) is 13.8 Å². The molecule has 0 saturated carbocycles. The van der Waals surface area contributed by atoms with Gasteiger partial charge in [-0.25, -0.2) is 4.98 Å². The van der Waals surface area contributed by atoms with Crippen molar-refractivity contribution in [2.45, 2.75) is 26.8 Å². The van der Waals surface area contributed by atoms with Gasteiger partial charge in [-0.2, -0.15) is 0 Å². The first kappa shape index (κ1) is 20.5. The molecule has 0 aliphatic carbocycles. The molecule has 32 heavy (non-hydrogen) atoms. The summed E-state index contributed by atoms with van der Waals surface area (Å²) < 4.78 is 2.08. The molecule has 0 atom stereocenters. The summed E-state index contributed by atoms with van der Waals surface area (Å²) in [6.07, 6.45) is 2.78. The van der Waals surface area contributed by atoms with Crippen LogP contribution >= 0.6 is 0 Å². The highest BCUT2D eigenvalue weighted by Crippen LogP contribution is 2.34. The van der Waals surface area contributed by atoms with Crippen molar-refractivity contribution in [3.63, 3.8) is 0 Å². The lowest BCUT2D eigenvalue weighted by Gasteiger charge is -2.34. The summed E-state index contributed by atoms with van der Waals surface area (Å²) in [6, 6.07) is 10.1. The van der Waals surface area contributed by atoms with Crippen LogP contribution in [-0.2, 0) is 22.6 Å². The molecule has 2 aromatic heterocycles. The smallest absolute Gasteiger partial charge is 0.223 e. The van der Waals surface area contributed by atoms with E-state index in [0.717, 1.165) is 74.0 Å². The number of carbonyl (C=O) groups is 2. The molecule has 3 aromatic rings. The molecule has 1 aromatic carbocycles. The molecule has 5 rings (SSSR count). The molecule has 4 heterocycles. The maximum atomic E-state index is 11.9. The summed E-state index contributed by atoms with van der Waals surface area (Å²) in [4.78, 5) is 34.6. The SMILES string of the molecule is CC(=O)N1CCN(Cc2c(-c3ccc4c(c3)CCN4C(C)=O)nc3ccc(N)cn23)CC1. The number of piperazine rings is 1. The second-order valence-electron chi connectivity index (χ2n) is 8.64. The van der Waals surface area contributed by atoms with E-state index >= 15 is 0 Å². The number of amides is 2. The van der Waals surface area contributed by atoms with E-state index in [-0.39, 0.29) is 11.8 Å². The zero-order chi connectivity index (χ0) is 22.4. The lowest BCUT2D eigenvalue weighted by atomic mass is 10.0. The predicted molar refractivity (Wildman–Crippen MR) is 124 cm³/mol. The Morgan fingerprint density at radius 1 is 1.00 bits per heavy atom. The number of rotatable bonds is 3. The minimum Gasteiger partial charge on any atom is -0.398 e. The molecule has 8 nitrogen and oxygen atoms in total. The van der Waals surface area contributed by atoms with Gasteiger partial charge in [0.2, 0.25) is 11.8 Å². The lowest BCUT2D eigenvalue weighted by molar-refractivity contribution is -0.130. The van der Waals surface area contributed by atoms with Crippen molar-refractivity contribution in [1.82, 2.24) is 19.2 Å². The number of carbonyl (C=O) groups excluding carboxylic acids is 2. The second-order valence-corrected chi connectivity index (χ2v) is 8.64. The molecule has 0 bridgehead atoms. The Hall–Kier alpha value is -3.39. The van der Waals surface area contributed by atoms with E-state index in [0.29, 0.717) is 5.69 Å². The van der Waals surface area contributed by atoms with Gasteiger partial charge < -0.3 is 19.9 Å². The van der Waals surface area contributed by atoms with Gasteiger partial charge in [-0.15, -0.1) is 0 Å². The largest absolute Gasteiger partial charge is 0.398 e. The minimum absolute atomic E-state index is 0.0742. The number of nitrogens with two attached hydrogens (primary N) is 1. The van der Waals surface area contributed by atoms with E-state index in [2.05, 4.69) is 21.4 Å². The number of benzene rings is 1. The van der Waals surface area contributed by atoms with Gasteiger partial charge in [0.15, 0.2) is 0 Å². The number of imidazole rings is 1. The normalized spacial score (nSPS) is 16.6. The van der Waals surface area contributed by atoms with Crippen molar-refractivity contribution < 1.29 is 9.59 Å². The van der Waals surface area contributed by atoms with E-state index in [1.807, 2.05) is 34.2 Å². The predicted octanol–water partition coefficient (Wildman–Crippen LogP) is 2.16. The van der Waals surface area contributed by atoms with E-state index < -0.39 is 0 Å². The molecule has 2 aliphatic rings. The Bertz CT molecular complexity index is 1210. The van der Waals surface area contributed by atoms with Crippen molar-refractivity contribution in [3.05, 3.63) is 47.8 Å². The fourth-order valence-electron chi connectivity index (χ4n) is 4.80. The van der Waals surface area contributed by atoms with Gasteiger partial charge in [-0.1, -0.05) is 6.07 Å². The molecule has 1 fully saturated rings. The van der Waals surface area contributed by atoms with Crippen molar-refractivity contribution >= 4 is 28.8 Å². The summed E-state index contributed by atoms with van der Waals surface area (Å²) in [6.45, 7) is 7.82. The quantitative estimate of drug-likeness (QED) is 0.685. The van der Waals surface area contributed by atoms with Crippen LogP contribution in [0.25, 0.3) is 16.9 Å². The number of nitrogens with zero attached hydrogens (tertiary/aromatic N) is 5. The van der Waals surface area contributed by atoms with Crippen LogP contribution in [0.3, 0.4) is 0 Å². The molecular formula is C24H28N6O2. The molecule has 0 spiro atoms. The molecule has 166 valence electrons. The summed E-state index contributed by atoms with van der Waals surface area (Å²) in [7, 11) is 0. The highest BCUT2D eigenvalue weighted by atomic mass is 16.2. The highest BCUT2D eigenvalue weighted by Gasteiger charge is 2.25. The van der Waals surface area contributed by atoms with E-state index in [9.17, 15) is 9.59 Å². The van der Waals surface area contributed by atoms with Crippen LogP contribution in [0.4, 0.5) is 11.4 Å². The highest BCUT2D eigenvalue weighted by molar-refractivity contribution is 5.94. The summed E-state index contributed by atoms with van der Waals surface area (Å²) in [5, 5.41) is 0. The van der Waals surface area contributed by atoms with E-state index in [1.165, 1.54) is 5.56 Å². The summed E-state index contributed by atoms with van der Waals surface area (Å²) in [5.41, 5.74) is 12.9. The zero-order valence-corrected chi connectivity index (χ0v) is 18.5. The van der Waals surface area contributed by atoms with Crippen LogP contribution in [0.15, 0.2) is 36.5 Å². The number of nitrogen functional groups attached to an aromatic ring is 1. The van der Waals surface area contributed by atoms with Crippen LogP contribution in [0.2, 0.25) is 0 Å². The standard InChI is InChI=1S/C24H28N6O2/c1-16(31)28-11-9-27(10-12-28)15-22-24(26-23-6-4-20(25)14-30(22)23)19-3-5-21-18(13-19)7-8-29(21)17(2)32/h3-6,13-14H,7-12,15,25H2,1-2H3. The Labute approximate surface area is 187 Å². The van der Waals surface area contributed by atoms with Gasteiger partial charge in [-0.3, -0.25) is 14.5 Å². The number of hydrogen-bond donors (Lipinski definition) is 1. The molecule has 0 unspecified atom stereocenters. The van der Waals surface area contributed by atoms with Crippen molar-refractivity contribution in [3.8, 4) is 11.3 Å². The Morgan fingerprint density at radius 2 is 1.78 bits per heavy atom. The number of hydrogen-bond acceptors (Lipinski definition) is 5. The van der Waals surface area contributed by atoms with Crippen LogP contribution < -0.4 is 10.6 Å². The molecule has 2 amide bonds. The van der Waals surface area contributed by atoms with Gasteiger partial charge >= 0.3 is 0 Å². The van der Waals surface area contributed by atoms with Gasteiger partial charge in [0, 0.05) is 76.3 Å². The summed E-state index contributed by atoms with van der Waals surface area (Å²) in [5.74, 6) is 0.204. The number of anilines is 2. The third-order valence-electron chi connectivity index (χ3n) is 6.56. The average Bonchev–Trinajstić information content (AvgIpc) is 3.35. The third kappa shape index (κ3) is 3.60. The second kappa shape index (κ2) is 7.94. The number of aromatic nitrogens is 2. The maximum Gasteiger partial charge on any atom is 0.223 e.